The van der Waals surface area contributed by atoms with E-state index in [1.807, 2.05) is 9.97 Å². The Labute approximate surface area is 130 Å². The van der Waals surface area contributed by atoms with Crippen molar-refractivity contribution in [2.75, 3.05) is 0 Å². The molecule has 0 aliphatic carbocycles. The third kappa shape index (κ3) is 3.31. The van der Waals surface area contributed by atoms with Gasteiger partial charge in [0.15, 0.2) is 0 Å². The van der Waals surface area contributed by atoms with Gasteiger partial charge in [0, 0.05) is 0 Å². The van der Waals surface area contributed by atoms with Crippen LogP contribution in [0.5, 0.6) is 0 Å². The van der Waals surface area contributed by atoms with Crippen LogP contribution in [0.1, 0.15) is 22.3 Å². The Bertz CT molecular complexity index is 829. The summed E-state index contributed by atoms with van der Waals surface area (Å²) < 4.78 is 0. The summed E-state index contributed by atoms with van der Waals surface area (Å²) in [4.78, 5) is 48.7. The molecule has 0 unspecified atom stereocenters. The van der Waals surface area contributed by atoms with Crippen molar-refractivity contribution in [3.63, 3.8) is 0 Å². The van der Waals surface area contributed by atoms with E-state index in [9.17, 15) is 19.2 Å². The fraction of sp³-hybridized carbons (Fsp3) is 0. The molecule has 1 heterocycles. The maximum absolute atomic E-state index is 11.8. The third-order valence-electron chi connectivity index (χ3n) is 2.55. The number of carboxylic acids is 2. The smallest absolute Gasteiger partial charge is 1.00 e. The van der Waals surface area contributed by atoms with E-state index in [1.165, 1.54) is 18.2 Å². The Morgan fingerprint density at radius 2 is 1.71 bits per heavy atom. The average molecular weight is 284 g/mol. The molecule has 0 atom stereocenters. The zero-order chi connectivity index (χ0) is 14.9. The minimum absolute atomic E-state index is 0. The number of hydrogen-bond acceptors (Lipinski definition) is 4. The van der Waals surface area contributed by atoms with E-state index in [1.54, 1.807) is 0 Å². The van der Waals surface area contributed by atoms with Crippen LogP contribution in [-0.2, 0) is 0 Å². The Balaban J connectivity index is 0.00000220. The zero-order valence-electron chi connectivity index (χ0n) is 11.8. The summed E-state index contributed by atoms with van der Waals surface area (Å²) in [5, 5.41) is 17.9. The number of benzene rings is 1. The van der Waals surface area contributed by atoms with Crippen LogP contribution in [0.4, 0.5) is 0 Å². The van der Waals surface area contributed by atoms with Crippen LogP contribution in [0.25, 0.3) is 11.1 Å². The van der Waals surface area contributed by atoms with E-state index in [4.69, 9.17) is 10.2 Å². The molecule has 2 rings (SSSR count). The number of aromatic nitrogens is 2. The Morgan fingerprint density at radius 1 is 1.05 bits per heavy atom. The second-order valence-electron chi connectivity index (χ2n) is 3.85. The molecule has 4 N–H and O–H groups in total. The molecular weight excluding hydrogens is 275 g/mol. The van der Waals surface area contributed by atoms with Gasteiger partial charge >= 0.3 is 36.5 Å². The van der Waals surface area contributed by atoms with Crippen LogP contribution in [-0.4, -0.2) is 32.1 Å². The van der Waals surface area contributed by atoms with Crippen molar-refractivity contribution in [2.24, 2.45) is 0 Å². The Kier molecular flexibility index (Phi) is 4.91. The molecule has 0 fully saturated rings. The molecule has 0 radical (unpaired) electrons. The summed E-state index contributed by atoms with van der Waals surface area (Å²) in [7, 11) is 0. The number of carbonyl (C=O) groups is 2. The molecule has 0 saturated heterocycles. The largest absolute Gasteiger partial charge is 1.00 e. The van der Waals surface area contributed by atoms with Gasteiger partial charge in [0.2, 0.25) is 0 Å². The first-order valence-corrected chi connectivity index (χ1v) is 5.34. The number of rotatable bonds is 3. The molecule has 2 aromatic rings. The molecule has 1 aromatic heterocycles. The molecule has 21 heavy (non-hydrogen) atoms. The van der Waals surface area contributed by atoms with E-state index < -0.39 is 28.9 Å². The number of nitrogens with one attached hydrogen (secondary N) is 2. The molecule has 104 valence electrons. The molecule has 0 amide bonds. The predicted octanol–water partition coefficient (Wildman–Crippen LogP) is -2.76. The van der Waals surface area contributed by atoms with E-state index in [0.29, 0.717) is 0 Å². The summed E-state index contributed by atoms with van der Waals surface area (Å²) in [6, 6.07) is 5.19. The SMILES string of the molecule is O=C(O)c1cccc(-c2c(C(=O)O)[nH]c(=O)[nH]c2=O)c1.[H-].[Li+]. The molecular formula is C12H9LiN2O6. The molecule has 0 aliphatic rings. The fourth-order valence-electron chi connectivity index (χ4n) is 1.73. The number of aromatic carboxylic acids is 2. The molecule has 8 nitrogen and oxygen atoms in total. The minimum Gasteiger partial charge on any atom is -1.00 e. The van der Waals surface area contributed by atoms with Gasteiger partial charge in [-0.2, -0.15) is 0 Å². The van der Waals surface area contributed by atoms with E-state index >= 15 is 0 Å². The predicted molar refractivity (Wildman–Crippen MR) is 68.1 cm³/mol. The second-order valence-corrected chi connectivity index (χ2v) is 3.85. The molecule has 0 saturated carbocycles. The van der Waals surface area contributed by atoms with Crippen molar-refractivity contribution >= 4 is 11.9 Å². The van der Waals surface area contributed by atoms with Crippen LogP contribution < -0.4 is 30.1 Å². The van der Waals surface area contributed by atoms with Crippen LogP contribution in [0.15, 0.2) is 33.9 Å². The normalized spacial score (nSPS) is 9.71. The Hall–Kier alpha value is -2.56. The van der Waals surface area contributed by atoms with E-state index in [2.05, 4.69) is 0 Å². The van der Waals surface area contributed by atoms with Crippen LogP contribution in [0.2, 0.25) is 0 Å². The molecule has 0 spiro atoms. The van der Waals surface area contributed by atoms with Gasteiger partial charge in [0.1, 0.15) is 5.69 Å². The van der Waals surface area contributed by atoms with Crippen molar-refractivity contribution in [3.05, 3.63) is 56.4 Å². The first-order chi connectivity index (χ1) is 9.40. The van der Waals surface area contributed by atoms with Crippen LogP contribution in [0.3, 0.4) is 0 Å². The first-order valence-electron chi connectivity index (χ1n) is 5.34. The summed E-state index contributed by atoms with van der Waals surface area (Å²) in [5.41, 5.74) is -2.79. The van der Waals surface area contributed by atoms with Crippen LogP contribution in [0, 0.1) is 0 Å². The minimum atomic E-state index is -1.50. The topological polar surface area (TPSA) is 140 Å². The van der Waals surface area contributed by atoms with Crippen molar-refractivity contribution in [2.45, 2.75) is 0 Å². The van der Waals surface area contributed by atoms with Gasteiger partial charge in [-0.15, -0.1) is 0 Å². The van der Waals surface area contributed by atoms with Crippen LogP contribution >= 0.6 is 0 Å². The summed E-state index contributed by atoms with van der Waals surface area (Å²) in [6.07, 6.45) is 0. The number of carboxylic acid groups (broad SMARTS) is 2. The Morgan fingerprint density at radius 3 is 2.29 bits per heavy atom. The number of aromatic amines is 2. The monoisotopic (exact) mass is 284 g/mol. The van der Waals surface area contributed by atoms with Gasteiger partial charge in [0.25, 0.3) is 5.56 Å². The van der Waals surface area contributed by atoms with Gasteiger partial charge < -0.3 is 16.6 Å². The first kappa shape index (κ1) is 16.5. The van der Waals surface area contributed by atoms with Crippen molar-refractivity contribution < 1.29 is 40.1 Å². The van der Waals surface area contributed by atoms with Gasteiger partial charge in [-0.25, -0.2) is 14.4 Å². The summed E-state index contributed by atoms with van der Waals surface area (Å²) in [5.74, 6) is -2.71. The van der Waals surface area contributed by atoms with E-state index in [-0.39, 0.29) is 37.0 Å². The number of H-pyrrole nitrogens is 2. The maximum Gasteiger partial charge on any atom is 1.00 e. The van der Waals surface area contributed by atoms with Gasteiger partial charge in [0.05, 0.1) is 11.1 Å². The van der Waals surface area contributed by atoms with E-state index in [0.717, 1.165) is 6.07 Å². The standard InChI is InChI=1S/C12H8N2O6.Li.H/c15-9-7(8(11(18)19)13-12(20)14-9)5-2-1-3-6(4-5)10(16)17;;/h1-4H,(H,16,17)(H,18,19)(H2,13,14,15,20);;/q;+1;-1. The second kappa shape index (κ2) is 6.26. The third-order valence-corrected chi connectivity index (χ3v) is 2.55. The summed E-state index contributed by atoms with van der Waals surface area (Å²) >= 11 is 0. The van der Waals surface area contributed by atoms with Gasteiger partial charge in [-0.1, -0.05) is 12.1 Å². The molecule has 0 aliphatic heterocycles. The van der Waals surface area contributed by atoms with Crippen molar-refractivity contribution in [1.29, 1.82) is 0 Å². The van der Waals surface area contributed by atoms with Gasteiger partial charge in [-0.05, 0) is 17.7 Å². The van der Waals surface area contributed by atoms with Crippen molar-refractivity contribution in [3.8, 4) is 11.1 Å². The van der Waals surface area contributed by atoms with Gasteiger partial charge in [-0.3, -0.25) is 9.78 Å². The van der Waals surface area contributed by atoms with Crippen molar-refractivity contribution in [1.82, 2.24) is 9.97 Å². The summed E-state index contributed by atoms with van der Waals surface area (Å²) in [6.45, 7) is 0. The molecule has 1 aromatic carbocycles. The molecule has 9 heteroatoms. The fourth-order valence-corrected chi connectivity index (χ4v) is 1.73. The maximum atomic E-state index is 11.8. The molecule has 0 bridgehead atoms. The average Bonchev–Trinajstić information content (AvgIpc) is 2.37. The number of hydrogen-bond donors (Lipinski definition) is 4. The zero-order valence-corrected chi connectivity index (χ0v) is 10.8. The quantitative estimate of drug-likeness (QED) is 0.450.